The number of urea groups is 1. The van der Waals surface area contributed by atoms with E-state index in [1.165, 1.54) is 0 Å². The van der Waals surface area contributed by atoms with Crippen LogP contribution in [0.3, 0.4) is 0 Å². The van der Waals surface area contributed by atoms with Crippen molar-refractivity contribution in [1.29, 1.82) is 0 Å². The van der Waals surface area contributed by atoms with Crippen molar-refractivity contribution in [2.45, 2.75) is 12.5 Å². The highest BCUT2D eigenvalue weighted by Crippen LogP contribution is 2.25. The summed E-state index contributed by atoms with van der Waals surface area (Å²) in [5.41, 5.74) is 0.660. The number of hydrogen-bond acceptors (Lipinski definition) is 3. The van der Waals surface area contributed by atoms with Crippen LogP contribution in [0.5, 0.6) is 5.75 Å². The van der Waals surface area contributed by atoms with Gasteiger partial charge in [-0.3, -0.25) is 0 Å². The number of nitrogens with zero attached hydrogens (tertiary/aromatic N) is 1. The van der Waals surface area contributed by atoms with Crippen molar-refractivity contribution < 1.29 is 14.6 Å². The Labute approximate surface area is 114 Å². The maximum Gasteiger partial charge on any atom is 0.321 e. The Morgan fingerprint density at radius 2 is 2.33 bits per heavy atom. The molecular weight excluding hydrogens is 300 g/mol. The van der Waals surface area contributed by atoms with Crippen molar-refractivity contribution in [2.24, 2.45) is 0 Å². The maximum atomic E-state index is 11.9. The average molecular weight is 315 g/mol. The minimum Gasteiger partial charge on any atom is -0.497 e. The standard InChI is InChI=1S/C12H15BrN2O3/c1-18-11-5-8(13)4-9(6-11)14-12(17)15-3-2-10(16)7-15/h4-6,10,16H,2-3,7H2,1H3,(H,14,17). The van der Waals surface area contributed by atoms with E-state index in [-0.39, 0.29) is 6.03 Å². The van der Waals surface area contributed by atoms with Crippen molar-refractivity contribution in [3.8, 4) is 5.75 Å². The summed E-state index contributed by atoms with van der Waals surface area (Å²) in [5.74, 6) is 0.668. The molecule has 2 rings (SSSR count). The number of β-amino-alcohol motifs (C(OH)–C–C–N with tert-alkyl or cyclic N) is 1. The number of benzene rings is 1. The molecule has 1 fully saturated rings. The van der Waals surface area contributed by atoms with E-state index in [0.717, 1.165) is 4.47 Å². The number of hydrogen-bond donors (Lipinski definition) is 2. The predicted molar refractivity (Wildman–Crippen MR) is 71.9 cm³/mol. The SMILES string of the molecule is COc1cc(Br)cc(NC(=O)N2CCC(O)C2)c1. The van der Waals surface area contributed by atoms with Gasteiger partial charge in [-0.25, -0.2) is 4.79 Å². The number of amides is 2. The van der Waals surface area contributed by atoms with E-state index < -0.39 is 6.10 Å². The largest absolute Gasteiger partial charge is 0.497 e. The lowest BCUT2D eigenvalue weighted by atomic mass is 10.3. The van der Waals surface area contributed by atoms with Gasteiger partial charge in [0.2, 0.25) is 0 Å². The van der Waals surface area contributed by atoms with E-state index in [4.69, 9.17) is 4.74 Å². The number of aliphatic hydroxyl groups excluding tert-OH is 1. The molecule has 0 aromatic heterocycles. The zero-order valence-electron chi connectivity index (χ0n) is 10.0. The van der Waals surface area contributed by atoms with E-state index in [0.29, 0.717) is 30.9 Å². The molecule has 0 spiro atoms. The van der Waals surface area contributed by atoms with Gasteiger partial charge in [-0.1, -0.05) is 15.9 Å². The van der Waals surface area contributed by atoms with Crippen LogP contribution in [0.25, 0.3) is 0 Å². The highest BCUT2D eigenvalue weighted by Gasteiger charge is 2.24. The van der Waals surface area contributed by atoms with Gasteiger partial charge in [-0.2, -0.15) is 0 Å². The summed E-state index contributed by atoms with van der Waals surface area (Å²) >= 11 is 3.35. The molecule has 1 aliphatic heterocycles. The van der Waals surface area contributed by atoms with Crippen molar-refractivity contribution in [3.63, 3.8) is 0 Å². The number of aliphatic hydroxyl groups is 1. The normalized spacial score (nSPS) is 18.8. The van der Waals surface area contributed by atoms with Crippen LogP contribution in [-0.4, -0.2) is 42.3 Å². The molecule has 1 saturated heterocycles. The molecule has 2 N–H and O–H groups in total. The van der Waals surface area contributed by atoms with E-state index in [2.05, 4.69) is 21.2 Å². The molecule has 1 aromatic carbocycles. The Bertz CT molecular complexity index is 453. The van der Waals surface area contributed by atoms with Gasteiger partial charge in [0, 0.05) is 29.3 Å². The lowest BCUT2D eigenvalue weighted by molar-refractivity contribution is 0.176. The van der Waals surface area contributed by atoms with Gasteiger partial charge in [-0.15, -0.1) is 0 Å². The summed E-state index contributed by atoms with van der Waals surface area (Å²) in [5, 5.41) is 12.2. The molecule has 1 aliphatic rings. The molecule has 98 valence electrons. The average Bonchev–Trinajstić information content (AvgIpc) is 2.75. The molecule has 18 heavy (non-hydrogen) atoms. The number of nitrogens with one attached hydrogen (secondary N) is 1. The Kier molecular flexibility index (Phi) is 4.08. The summed E-state index contributed by atoms with van der Waals surface area (Å²) in [6.45, 7) is 0.967. The maximum absolute atomic E-state index is 11.9. The topological polar surface area (TPSA) is 61.8 Å². The van der Waals surface area contributed by atoms with E-state index >= 15 is 0 Å². The number of carbonyl (C=O) groups excluding carboxylic acids is 1. The highest BCUT2D eigenvalue weighted by molar-refractivity contribution is 9.10. The minimum absolute atomic E-state index is 0.202. The van der Waals surface area contributed by atoms with Gasteiger partial charge in [0.25, 0.3) is 0 Å². The number of anilines is 1. The van der Waals surface area contributed by atoms with Crippen LogP contribution in [0.15, 0.2) is 22.7 Å². The molecule has 1 aromatic rings. The Balaban J connectivity index is 2.04. The first-order valence-corrected chi connectivity index (χ1v) is 6.46. The lowest BCUT2D eigenvalue weighted by Crippen LogP contribution is -2.33. The Hall–Kier alpha value is -1.27. The van der Waals surface area contributed by atoms with Crippen LogP contribution in [-0.2, 0) is 0 Å². The Morgan fingerprint density at radius 3 is 2.94 bits per heavy atom. The van der Waals surface area contributed by atoms with Crippen LogP contribution >= 0.6 is 15.9 Å². The monoisotopic (exact) mass is 314 g/mol. The molecule has 0 saturated carbocycles. The third kappa shape index (κ3) is 3.14. The third-order valence-corrected chi connectivity index (χ3v) is 3.27. The van der Waals surface area contributed by atoms with E-state index in [9.17, 15) is 9.90 Å². The predicted octanol–water partition coefficient (Wildman–Crippen LogP) is 2.06. The van der Waals surface area contributed by atoms with Crippen LogP contribution in [0, 0.1) is 0 Å². The first kappa shape index (κ1) is 13.2. The number of carbonyl (C=O) groups is 1. The molecule has 6 heteroatoms. The summed E-state index contributed by atoms with van der Waals surface area (Å²) in [4.78, 5) is 13.5. The zero-order valence-corrected chi connectivity index (χ0v) is 11.6. The number of likely N-dealkylation sites (tertiary alicyclic amines) is 1. The highest BCUT2D eigenvalue weighted by atomic mass is 79.9. The van der Waals surface area contributed by atoms with Crippen molar-refractivity contribution >= 4 is 27.6 Å². The van der Waals surface area contributed by atoms with Crippen molar-refractivity contribution in [1.82, 2.24) is 4.90 Å². The first-order valence-electron chi connectivity index (χ1n) is 5.67. The summed E-state index contributed by atoms with van der Waals surface area (Å²) in [6.07, 6.45) is 0.225. The molecule has 2 amide bonds. The molecule has 1 unspecified atom stereocenters. The van der Waals surface area contributed by atoms with Gasteiger partial charge in [-0.05, 0) is 18.6 Å². The zero-order chi connectivity index (χ0) is 13.1. The second-order valence-electron chi connectivity index (χ2n) is 4.20. The molecule has 0 aliphatic carbocycles. The smallest absolute Gasteiger partial charge is 0.321 e. The molecular formula is C12H15BrN2O3. The summed E-state index contributed by atoms with van der Waals surface area (Å²) < 4.78 is 5.96. The van der Waals surface area contributed by atoms with Crippen LogP contribution in [0.2, 0.25) is 0 Å². The summed E-state index contributed by atoms with van der Waals surface area (Å²) in [6, 6.07) is 5.16. The quantitative estimate of drug-likeness (QED) is 0.878. The van der Waals surface area contributed by atoms with Crippen molar-refractivity contribution in [3.05, 3.63) is 22.7 Å². The Morgan fingerprint density at radius 1 is 1.56 bits per heavy atom. The lowest BCUT2D eigenvalue weighted by Gasteiger charge is -2.17. The van der Waals surface area contributed by atoms with Gasteiger partial charge in [0.1, 0.15) is 5.75 Å². The van der Waals surface area contributed by atoms with Gasteiger partial charge in [0.05, 0.1) is 13.2 Å². The second kappa shape index (κ2) is 5.58. The first-order chi connectivity index (χ1) is 8.58. The van der Waals surface area contributed by atoms with Crippen molar-refractivity contribution in [2.75, 3.05) is 25.5 Å². The van der Waals surface area contributed by atoms with Crippen LogP contribution < -0.4 is 10.1 Å². The van der Waals surface area contributed by atoms with E-state index in [1.807, 2.05) is 6.07 Å². The number of rotatable bonds is 2. The minimum atomic E-state index is -0.409. The second-order valence-corrected chi connectivity index (χ2v) is 5.11. The van der Waals surface area contributed by atoms with Gasteiger partial charge in [0.15, 0.2) is 0 Å². The van der Waals surface area contributed by atoms with Crippen LogP contribution in [0.4, 0.5) is 10.5 Å². The number of methoxy groups -OCH3 is 1. The van der Waals surface area contributed by atoms with Gasteiger partial charge >= 0.3 is 6.03 Å². The van der Waals surface area contributed by atoms with Gasteiger partial charge < -0.3 is 20.1 Å². The fourth-order valence-corrected chi connectivity index (χ4v) is 2.35. The third-order valence-electron chi connectivity index (χ3n) is 2.81. The molecule has 5 nitrogen and oxygen atoms in total. The summed E-state index contributed by atoms with van der Waals surface area (Å²) in [7, 11) is 1.57. The molecule has 0 bridgehead atoms. The van der Waals surface area contributed by atoms with Crippen LogP contribution in [0.1, 0.15) is 6.42 Å². The molecule has 1 atom stereocenters. The molecule has 0 radical (unpaired) electrons. The fourth-order valence-electron chi connectivity index (χ4n) is 1.88. The number of ether oxygens (including phenoxy) is 1. The fraction of sp³-hybridized carbons (Fsp3) is 0.417. The van der Waals surface area contributed by atoms with E-state index in [1.54, 1.807) is 24.1 Å². The molecule has 1 heterocycles. The number of halogens is 1.